The first-order valence-electron chi connectivity index (χ1n) is 9.66. The van der Waals surface area contributed by atoms with Crippen LogP contribution < -0.4 is 21.2 Å². The smallest absolute Gasteiger partial charge is 0.327 e. The van der Waals surface area contributed by atoms with E-state index in [0.717, 1.165) is 6.08 Å². The zero-order valence-electron chi connectivity index (χ0n) is 16.6. The van der Waals surface area contributed by atoms with E-state index in [1.807, 2.05) is 0 Å². The summed E-state index contributed by atoms with van der Waals surface area (Å²) in [7, 11) is -1.91. The Bertz CT molecular complexity index is 899. The Hall–Kier alpha value is -3.48. The van der Waals surface area contributed by atoms with Crippen LogP contribution in [0.25, 0.3) is 0 Å². The highest BCUT2D eigenvalue weighted by molar-refractivity contribution is 8.01. The summed E-state index contributed by atoms with van der Waals surface area (Å²) in [6.45, 7) is 2.96. The average molecular weight is 411 g/mol. The summed E-state index contributed by atoms with van der Waals surface area (Å²) < 4.78 is 0. The van der Waals surface area contributed by atoms with Crippen LogP contribution in [-0.4, -0.2) is 11.1 Å². The minimum absolute atomic E-state index is 0.833. The predicted molar refractivity (Wildman–Crippen MR) is 129 cm³/mol. The van der Waals surface area contributed by atoms with Crippen molar-refractivity contribution in [2.45, 2.75) is 0 Å². The molecule has 2 nitrogen and oxygen atoms in total. The standard InChI is InChI=1S/C24H20P.C3H4O2/c1-5-13-21(14-6-1)25(22-15-7-2-8-16-22,23-17-9-3-10-18-23)24-19-11-4-12-20-24;1-2-3(4)5/h1-20H;2H,1H2,(H,4,5)/q+1;. The van der Waals surface area contributed by atoms with Gasteiger partial charge in [-0.15, -0.1) is 0 Å². The topological polar surface area (TPSA) is 37.3 Å². The lowest BCUT2D eigenvalue weighted by atomic mass is 10.3. The molecule has 4 rings (SSSR count). The zero-order chi connectivity index (χ0) is 21.2. The number of hydrogen-bond donors (Lipinski definition) is 1. The second kappa shape index (κ2) is 10.3. The van der Waals surface area contributed by atoms with Gasteiger partial charge in [-0.1, -0.05) is 79.4 Å². The predicted octanol–water partition coefficient (Wildman–Crippen LogP) is 4.56. The van der Waals surface area contributed by atoms with Gasteiger partial charge in [-0.2, -0.15) is 0 Å². The third-order valence-corrected chi connectivity index (χ3v) is 9.04. The molecule has 0 fully saturated rings. The molecule has 0 saturated heterocycles. The molecule has 0 radical (unpaired) electrons. The maximum atomic E-state index is 9.25. The Kier molecular flexibility index (Phi) is 7.32. The second-order valence-electron chi connectivity index (χ2n) is 6.56. The molecule has 148 valence electrons. The molecular formula is C27H24O2P+. The summed E-state index contributed by atoms with van der Waals surface area (Å²) in [5.41, 5.74) is 0. The molecule has 3 heteroatoms. The molecule has 4 aromatic rings. The molecule has 0 amide bonds. The summed E-state index contributed by atoms with van der Waals surface area (Å²) in [6, 6.07) is 43.8. The van der Waals surface area contributed by atoms with E-state index >= 15 is 0 Å². The number of aliphatic carboxylic acids is 1. The molecule has 0 aliphatic heterocycles. The van der Waals surface area contributed by atoms with Gasteiger partial charge >= 0.3 is 5.97 Å². The maximum Gasteiger partial charge on any atom is 0.327 e. The van der Waals surface area contributed by atoms with E-state index in [0.29, 0.717) is 0 Å². The van der Waals surface area contributed by atoms with Crippen molar-refractivity contribution in [3.63, 3.8) is 0 Å². The molecule has 0 saturated carbocycles. The van der Waals surface area contributed by atoms with Crippen LogP contribution in [0.3, 0.4) is 0 Å². The number of hydrogen-bond acceptors (Lipinski definition) is 1. The molecule has 4 aromatic carbocycles. The van der Waals surface area contributed by atoms with Crippen molar-refractivity contribution in [3.8, 4) is 0 Å². The molecule has 1 N–H and O–H groups in total. The molecule has 0 spiro atoms. The zero-order valence-corrected chi connectivity index (χ0v) is 17.5. The third-order valence-electron chi connectivity index (χ3n) is 4.75. The van der Waals surface area contributed by atoms with E-state index in [1.54, 1.807) is 0 Å². The fourth-order valence-corrected chi connectivity index (χ4v) is 7.77. The SMILES string of the molecule is C=CC(=O)O.c1ccc([P+](c2ccccc2)(c2ccccc2)c2ccccc2)cc1. The van der Waals surface area contributed by atoms with E-state index in [-0.39, 0.29) is 0 Å². The van der Waals surface area contributed by atoms with Crippen LogP contribution in [0.4, 0.5) is 0 Å². The summed E-state index contributed by atoms with van der Waals surface area (Å²) in [6.07, 6.45) is 0.833. The maximum absolute atomic E-state index is 9.25. The van der Waals surface area contributed by atoms with Crippen LogP contribution in [0.2, 0.25) is 0 Å². The lowest BCUT2D eigenvalue weighted by molar-refractivity contribution is -0.131. The fourth-order valence-electron chi connectivity index (χ4n) is 3.50. The summed E-state index contributed by atoms with van der Waals surface area (Å²) in [5, 5.41) is 13.2. The van der Waals surface area contributed by atoms with Crippen LogP contribution in [0.5, 0.6) is 0 Å². The largest absolute Gasteiger partial charge is 0.478 e. The van der Waals surface area contributed by atoms with E-state index < -0.39 is 13.2 Å². The van der Waals surface area contributed by atoms with Gasteiger partial charge < -0.3 is 5.11 Å². The Morgan fingerprint density at radius 1 is 0.567 bits per heavy atom. The number of benzene rings is 4. The molecule has 0 aliphatic rings. The van der Waals surface area contributed by atoms with Gasteiger partial charge in [0.05, 0.1) is 0 Å². The van der Waals surface area contributed by atoms with Crippen LogP contribution >= 0.6 is 7.26 Å². The number of carbonyl (C=O) groups is 1. The molecular weight excluding hydrogens is 387 g/mol. The van der Waals surface area contributed by atoms with E-state index in [9.17, 15) is 4.79 Å². The first-order valence-corrected chi connectivity index (χ1v) is 11.5. The Morgan fingerprint density at radius 2 is 0.767 bits per heavy atom. The Balaban J connectivity index is 0.000000461. The van der Waals surface area contributed by atoms with Crippen molar-refractivity contribution in [1.29, 1.82) is 0 Å². The molecule has 30 heavy (non-hydrogen) atoms. The van der Waals surface area contributed by atoms with Crippen LogP contribution in [0.1, 0.15) is 0 Å². The molecule has 0 bridgehead atoms. The van der Waals surface area contributed by atoms with Gasteiger partial charge in [0.25, 0.3) is 0 Å². The monoisotopic (exact) mass is 411 g/mol. The molecule has 0 aromatic heterocycles. The quantitative estimate of drug-likeness (QED) is 0.386. The fraction of sp³-hybridized carbons (Fsp3) is 0. The summed E-state index contributed by atoms with van der Waals surface area (Å²) in [5.74, 6) is -0.981. The van der Waals surface area contributed by atoms with Crippen molar-refractivity contribution < 1.29 is 9.90 Å². The second-order valence-corrected chi connectivity index (χ2v) is 9.96. The number of carboxylic acid groups (broad SMARTS) is 1. The van der Waals surface area contributed by atoms with E-state index in [2.05, 4.69) is 128 Å². The van der Waals surface area contributed by atoms with Gasteiger partial charge in [0.2, 0.25) is 0 Å². The van der Waals surface area contributed by atoms with Crippen molar-refractivity contribution in [2.24, 2.45) is 0 Å². The number of rotatable bonds is 5. The van der Waals surface area contributed by atoms with Gasteiger partial charge in [0.1, 0.15) is 28.5 Å². The first kappa shape index (κ1) is 21.2. The Morgan fingerprint density at radius 3 is 0.933 bits per heavy atom. The minimum Gasteiger partial charge on any atom is -0.478 e. The van der Waals surface area contributed by atoms with Crippen molar-refractivity contribution in [2.75, 3.05) is 0 Å². The molecule has 0 unspecified atom stereocenters. The van der Waals surface area contributed by atoms with Crippen molar-refractivity contribution in [1.82, 2.24) is 0 Å². The summed E-state index contributed by atoms with van der Waals surface area (Å²) >= 11 is 0. The lowest BCUT2D eigenvalue weighted by Crippen LogP contribution is -2.38. The highest BCUT2D eigenvalue weighted by Gasteiger charge is 2.47. The van der Waals surface area contributed by atoms with Gasteiger partial charge in [-0.05, 0) is 48.5 Å². The van der Waals surface area contributed by atoms with Crippen LogP contribution in [0.15, 0.2) is 134 Å². The van der Waals surface area contributed by atoms with Gasteiger partial charge in [0.15, 0.2) is 0 Å². The molecule has 0 aliphatic carbocycles. The highest BCUT2D eigenvalue weighted by Crippen LogP contribution is 2.53. The van der Waals surface area contributed by atoms with E-state index in [4.69, 9.17) is 5.11 Å². The van der Waals surface area contributed by atoms with E-state index in [1.165, 1.54) is 21.2 Å². The van der Waals surface area contributed by atoms with Gasteiger partial charge in [-0.25, -0.2) is 4.79 Å². The van der Waals surface area contributed by atoms with Crippen LogP contribution in [0, 0.1) is 0 Å². The Labute approximate surface area is 178 Å². The minimum atomic E-state index is -1.91. The van der Waals surface area contributed by atoms with Crippen LogP contribution in [-0.2, 0) is 4.79 Å². The summed E-state index contributed by atoms with van der Waals surface area (Å²) in [4.78, 5) is 9.25. The van der Waals surface area contributed by atoms with Gasteiger partial charge in [0, 0.05) is 6.08 Å². The molecule has 0 atom stereocenters. The molecule has 0 heterocycles. The highest BCUT2D eigenvalue weighted by atomic mass is 31.2. The third kappa shape index (κ3) is 4.56. The van der Waals surface area contributed by atoms with Gasteiger partial charge in [-0.3, -0.25) is 0 Å². The average Bonchev–Trinajstić information content (AvgIpc) is 2.83. The lowest BCUT2D eigenvalue weighted by Gasteiger charge is -2.27. The normalized spacial score (nSPS) is 10.4. The number of carboxylic acids is 1. The van der Waals surface area contributed by atoms with Crippen molar-refractivity contribution >= 4 is 34.4 Å². The first-order chi connectivity index (χ1) is 14.7. The van der Waals surface area contributed by atoms with Crippen molar-refractivity contribution in [3.05, 3.63) is 134 Å².